The quantitative estimate of drug-likeness (QED) is 0.645. The van der Waals surface area contributed by atoms with Crippen LogP contribution in [0.15, 0.2) is 43.0 Å². The maximum Gasteiger partial charge on any atom is 0.252 e. The standard InChI is InChI=1S/C15H16ClN5O2S/c16-14-6-2-1-5-13(14)10-24(22,23)20-7-3-4-12-8-17-15-18-11-19-21(15)9-12/h1-2,5-6,8-9,11,20H,3-4,7,10H2. The number of halogens is 1. The first-order valence-corrected chi connectivity index (χ1v) is 9.41. The summed E-state index contributed by atoms with van der Waals surface area (Å²) in [6, 6.07) is 6.93. The molecule has 3 aromatic rings. The molecule has 2 heterocycles. The molecule has 0 aliphatic rings. The fourth-order valence-corrected chi connectivity index (χ4v) is 3.78. The molecule has 0 aliphatic heterocycles. The van der Waals surface area contributed by atoms with Crippen LogP contribution in [0.5, 0.6) is 0 Å². The lowest BCUT2D eigenvalue weighted by Crippen LogP contribution is -2.26. The molecule has 0 fully saturated rings. The Labute approximate surface area is 144 Å². The molecule has 24 heavy (non-hydrogen) atoms. The van der Waals surface area contributed by atoms with Gasteiger partial charge in [-0.05, 0) is 30.0 Å². The fourth-order valence-electron chi connectivity index (χ4n) is 2.28. The van der Waals surface area contributed by atoms with Gasteiger partial charge in [-0.1, -0.05) is 29.8 Å². The van der Waals surface area contributed by atoms with Crippen LogP contribution in [0.4, 0.5) is 0 Å². The van der Waals surface area contributed by atoms with Gasteiger partial charge in [-0.2, -0.15) is 10.1 Å². The summed E-state index contributed by atoms with van der Waals surface area (Å²) in [7, 11) is -3.41. The molecule has 0 saturated carbocycles. The Hall–Kier alpha value is -2.03. The summed E-state index contributed by atoms with van der Waals surface area (Å²) in [6.07, 6.45) is 6.35. The predicted molar refractivity (Wildman–Crippen MR) is 91.2 cm³/mol. The average molecular weight is 366 g/mol. The molecule has 1 aromatic carbocycles. The highest BCUT2D eigenvalue weighted by molar-refractivity contribution is 7.88. The SMILES string of the molecule is O=S(=O)(Cc1ccccc1Cl)NCCCc1cnc2ncnn2c1. The van der Waals surface area contributed by atoms with E-state index in [0.29, 0.717) is 35.8 Å². The normalized spacial score (nSPS) is 11.9. The third-order valence-electron chi connectivity index (χ3n) is 3.46. The van der Waals surface area contributed by atoms with Gasteiger partial charge in [-0.15, -0.1) is 0 Å². The second kappa shape index (κ2) is 7.25. The van der Waals surface area contributed by atoms with Crippen molar-refractivity contribution in [2.24, 2.45) is 0 Å². The first-order chi connectivity index (χ1) is 11.5. The van der Waals surface area contributed by atoms with E-state index in [0.717, 1.165) is 5.56 Å². The highest BCUT2D eigenvalue weighted by Crippen LogP contribution is 2.17. The number of sulfonamides is 1. The van der Waals surface area contributed by atoms with E-state index in [9.17, 15) is 8.42 Å². The third-order valence-corrected chi connectivity index (χ3v) is 5.16. The first-order valence-electron chi connectivity index (χ1n) is 7.38. The number of hydrogen-bond acceptors (Lipinski definition) is 5. The Morgan fingerprint density at radius 3 is 2.88 bits per heavy atom. The van der Waals surface area contributed by atoms with E-state index in [1.54, 1.807) is 35.0 Å². The van der Waals surface area contributed by atoms with Crippen molar-refractivity contribution in [2.75, 3.05) is 6.54 Å². The van der Waals surface area contributed by atoms with Gasteiger partial charge in [-0.3, -0.25) is 0 Å². The van der Waals surface area contributed by atoms with E-state index in [1.807, 2.05) is 6.20 Å². The number of rotatable bonds is 7. The van der Waals surface area contributed by atoms with Crippen molar-refractivity contribution in [3.8, 4) is 0 Å². The van der Waals surface area contributed by atoms with Gasteiger partial charge >= 0.3 is 0 Å². The molecule has 126 valence electrons. The number of fused-ring (bicyclic) bond motifs is 1. The molecule has 0 spiro atoms. The highest BCUT2D eigenvalue weighted by Gasteiger charge is 2.13. The zero-order chi connectivity index (χ0) is 17.0. The Kier molecular flexibility index (Phi) is 5.08. The molecule has 0 amide bonds. The largest absolute Gasteiger partial charge is 0.252 e. The first kappa shape index (κ1) is 16.8. The Bertz CT molecular complexity index is 942. The van der Waals surface area contributed by atoms with E-state index >= 15 is 0 Å². The molecule has 0 bridgehead atoms. The molecule has 0 unspecified atom stereocenters. The molecule has 0 atom stereocenters. The zero-order valence-electron chi connectivity index (χ0n) is 12.8. The van der Waals surface area contributed by atoms with Crippen LogP contribution in [0.2, 0.25) is 5.02 Å². The molecule has 7 nitrogen and oxygen atoms in total. The van der Waals surface area contributed by atoms with Crippen LogP contribution in [-0.4, -0.2) is 34.5 Å². The van der Waals surface area contributed by atoms with Gasteiger partial charge in [0.15, 0.2) is 0 Å². The molecule has 9 heteroatoms. The second-order valence-electron chi connectivity index (χ2n) is 5.32. The van der Waals surface area contributed by atoms with E-state index in [2.05, 4.69) is 19.8 Å². The predicted octanol–water partition coefficient (Wildman–Crippen LogP) is 1.83. The molecular formula is C15H16ClN5O2S. The topological polar surface area (TPSA) is 89.2 Å². The molecule has 3 rings (SSSR count). The Morgan fingerprint density at radius 2 is 2.04 bits per heavy atom. The summed E-state index contributed by atoms with van der Waals surface area (Å²) in [5.41, 5.74) is 1.56. The number of nitrogens with one attached hydrogen (secondary N) is 1. The average Bonchev–Trinajstić information content (AvgIpc) is 3.01. The van der Waals surface area contributed by atoms with E-state index in [4.69, 9.17) is 11.6 Å². The van der Waals surface area contributed by atoms with Gasteiger partial charge < -0.3 is 0 Å². The van der Waals surface area contributed by atoms with Crippen molar-refractivity contribution in [2.45, 2.75) is 18.6 Å². The third kappa shape index (κ3) is 4.28. The highest BCUT2D eigenvalue weighted by atomic mass is 35.5. The summed E-state index contributed by atoms with van der Waals surface area (Å²) < 4.78 is 28.4. The van der Waals surface area contributed by atoms with Crippen molar-refractivity contribution in [3.05, 3.63) is 59.1 Å². The molecule has 1 N–H and O–H groups in total. The van der Waals surface area contributed by atoms with Gasteiger partial charge in [0.25, 0.3) is 5.78 Å². The molecule has 0 aliphatic carbocycles. The maximum atomic E-state index is 12.1. The van der Waals surface area contributed by atoms with Crippen molar-refractivity contribution in [1.29, 1.82) is 0 Å². The number of benzene rings is 1. The van der Waals surface area contributed by atoms with E-state index in [-0.39, 0.29) is 5.75 Å². The van der Waals surface area contributed by atoms with Gasteiger partial charge in [0.05, 0.1) is 5.75 Å². The smallest absolute Gasteiger partial charge is 0.219 e. The van der Waals surface area contributed by atoms with Gasteiger partial charge in [0, 0.05) is 24.0 Å². The second-order valence-corrected chi connectivity index (χ2v) is 7.53. The van der Waals surface area contributed by atoms with E-state index in [1.165, 1.54) is 6.33 Å². The minimum absolute atomic E-state index is 0.126. The van der Waals surface area contributed by atoms with Crippen LogP contribution in [0.1, 0.15) is 17.5 Å². The summed E-state index contributed by atoms with van der Waals surface area (Å²) >= 11 is 6.00. The Balaban J connectivity index is 1.51. The molecule has 0 saturated heterocycles. The fraction of sp³-hybridized carbons (Fsp3) is 0.267. The van der Waals surface area contributed by atoms with Crippen LogP contribution < -0.4 is 4.72 Å². The van der Waals surface area contributed by atoms with Crippen LogP contribution in [0.25, 0.3) is 5.78 Å². The summed E-state index contributed by atoms with van der Waals surface area (Å²) in [5.74, 6) is 0.415. The van der Waals surface area contributed by atoms with Crippen molar-refractivity contribution < 1.29 is 8.42 Å². The maximum absolute atomic E-state index is 12.1. The minimum atomic E-state index is -3.41. The Morgan fingerprint density at radius 1 is 1.21 bits per heavy atom. The lowest BCUT2D eigenvalue weighted by molar-refractivity contribution is 0.578. The number of aromatic nitrogens is 4. The van der Waals surface area contributed by atoms with Crippen molar-refractivity contribution in [3.63, 3.8) is 0 Å². The molecule has 0 radical (unpaired) electrons. The van der Waals surface area contributed by atoms with Gasteiger partial charge in [0.1, 0.15) is 6.33 Å². The van der Waals surface area contributed by atoms with Crippen molar-refractivity contribution >= 4 is 27.4 Å². The van der Waals surface area contributed by atoms with Crippen LogP contribution in [0.3, 0.4) is 0 Å². The number of aryl methyl sites for hydroxylation is 1. The minimum Gasteiger partial charge on any atom is -0.219 e. The lowest BCUT2D eigenvalue weighted by atomic mass is 10.2. The van der Waals surface area contributed by atoms with Crippen LogP contribution >= 0.6 is 11.6 Å². The summed E-state index contributed by atoms with van der Waals surface area (Å²) in [6.45, 7) is 0.349. The summed E-state index contributed by atoms with van der Waals surface area (Å²) in [5, 5.41) is 4.47. The molecule has 2 aromatic heterocycles. The van der Waals surface area contributed by atoms with Crippen LogP contribution in [0, 0.1) is 0 Å². The zero-order valence-corrected chi connectivity index (χ0v) is 14.3. The number of hydrogen-bond donors (Lipinski definition) is 1. The monoisotopic (exact) mass is 365 g/mol. The van der Waals surface area contributed by atoms with Crippen molar-refractivity contribution in [1.82, 2.24) is 24.3 Å². The van der Waals surface area contributed by atoms with Crippen LogP contribution in [-0.2, 0) is 22.2 Å². The van der Waals surface area contributed by atoms with E-state index < -0.39 is 10.0 Å². The lowest BCUT2D eigenvalue weighted by Gasteiger charge is -2.08. The van der Waals surface area contributed by atoms with Gasteiger partial charge in [0.2, 0.25) is 10.0 Å². The van der Waals surface area contributed by atoms with Gasteiger partial charge in [-0.25, -0.2) is 22.6 Å². The number of nitrogens with zero attached hydrogens (tertiary/aromatic N) is 4. The summed E-state index contributed by atoms with van der Waals surface area (Å²) in [4.78, 5) is 8.14. The molecular weight excluding hydrogens is 350 g/mol.